The van der Waals surface area contributed by atoms with Crippen LogP contribution in [-0.4, -0.2) is 41.3 Å². The monoisotopic (exact) mass is 378 g/mol. The van der Waals surface area contributed by atoms with Crippen molar-refractivity contribution in [1.82, 2.24) is 9.97 Å². The molecule has 0 bridgehead atoms. The summed E-state index contributed by atoms with van der Waals surface area (Å²) in [6.07, 6.45) is 2.54. The summed E-state index contributed by atoms with van der Waals surface area (Å²) in [5, 5.41) is 2.87. The van der Waals surface area contributed by atoms with Crippen molar-refractivity contribution in [2.75, 3.05) is 36.4 Å². The lowest BCUT2D eigenvalue weighted by Gasteiger charge is -2.11. The first-order valence-corrected chi connectivity index (χ1v) is 9.44. The predicted octanol–water partition coefficient (Wildman–Crippen LogP) is 0.514. The number of carbonyl (C=O) groups excluding carboxylic acids is 1. The summed E-state index contributed by atoms with van der Waals surface area (Å²) in [6.45, 7) is 3.40. The van der Waals surface area contributed by atoms with Crippen LogP contribution in [-0.2, 0) is 0 Å². The van der Waals surface area contributed by atoms with E-state index in [2.05, 4.69) is 15.3 Å². The molecule has 2 aromatic rings. The van der Waals surface area contributed by atoms with Gasteiger partial charge in [-0.25, -0.2) is 9.37 Å². The SMILES string of the molecule is Nc1nc(SCC[NH+]2CCCC2)[nH]c(=O)c1NC(=O)c1ccc(F)cc1. The maximum Gasteiger partial charge on any atom is 0.277 e. The molecule has 1 saturated heterocycles. The predicted molar refractivity (Wildman–Crippen MR) is 99.1 cm³/mol. The first-order chi connectivity index (χ1) is 12.5. The lowest BCUT2D eigenvalue weighted by molar-refractivity contribution is -0.884. The van der Waals surface area contributed by atoms with E-state index in [9.17, 15) is 14.0 Å². The summed E-state index contributed by atoms with van der Waals surface area (Å²) in [5.41, 5.74) is 5.45. The minimum absolute atomic E-state index is 0.0415. The Hall–Kier alpha value is -2.39. The number of halogens is 1. The summed E-state index contributed by atoms with van der Waals surface area (Å²) in [5.74, 6) is -0.209. The van der Waals surface area contributed by atoms with Gasteiger partial charge in [0.25, 0.3) is 11.5 Å². The van der Waals surface area contributed by atoms with E-state index in [4.69, 9.17) is 5.73 Å². The van der Waals surface area contributed by atoms with E-state index in [0.29, 0.717) is 5.16 Å². The molecule has 5 N–H and O–H groups in total. The van der Waals surface area contributed by atoms with Crippen molar-refractivity contribution in [2.45, 2.75) is 18.0 Å². The third-order valence-corrected chi connectivity index (χ3v) is 5.15. The van der Waals surface area contributed by atoms with E-state index in [1.54, 1.807) is 4.90 Å². The van der Waals surface area contributed by atoms with E-state index < -0.39 is 17.3 Å². The zero-order valence-corrected chi connectivity index (χ0v) is 15.0. The molecule has 1 amide bonds. The number of hydrogen-bond acceptors (Lipinski definition) is 5. The van der Waals surface area contributed by atoms with Crippen molar-refractivity contribution in [3.8, 4) is 0 Å². The molecule has 1 aliphatic heterocycles. The van der Waals surface area contributed by atoms with Crippen LogP contribution in [0.1, 0.15) is 23.2 Å². The van der Waals surface area contributed by atoms with Crippen LogP contribution in [0.25, 0.3) is 0 Å². The molecular formula is C17H21FN5O2S+. The van der Waals surface area contributed by atoms with Gasteiger partial charge in [0, 0.05) is 18.4 Å². The first-order valence-electron chi connectivity index (χ1n) is 8.46. The molecule has 0 saturated carbocycles. The zero-order valence-electron chi connectivity index (χ0n) is 14.2. The van der Waals surface area contributed by atoms with Crippen LogP contribution in [0.5, 0.6) is 0 Å². The summed E-state index contributed by atoms with van der Waals surface area (Å²) < 4.78 is 12.9. The van der Waals surface area contributed by atoms with Gasteiger partial charge in [-0.1, -0.05) is 11.8 Å². The molecule has 7 nitrogen and oxygen atoms in total. The molecule has 138 valence electrons. The number of likely N-dealkylation sites (tertiary alicyclic amines) is 1. The molecule has 3 rings (SSSR count). The quantitative estimate of drug-likeness (QED) is 0.433. The van der Waals surface area contributed by atoms with E-state index in [0.717, 1.165) is 12.3 Å². The number of nitrogens with two attached hydrogens (primary N) is 1. The van der Waals surface area contributed by atoms with Crippen LogP contribution in [0.3, 0.4) is 0 Å². The second-order valence-electron chi connectivity index (χ2n) is 6.15. The molecule has 2 heterocycles. The Kier molecular flexibility index (Phi) is 5.89. The highest BCUT2D eigenvalue weighted by Gasteiger charge is 2.16. The number of anilines is 2. The van der Waals surface area contributed by atoms with Gasteiger partial charge in [-0.05, 0) is 24.3 Å². The maximum atomic E-state index is 12.9. The van der Waals surface area contributed by atoms with Crippen LogP contribution in [0.4, 0.5) is 15.9 Å². The van der Waals surface area contributed by atoms with Gasteiger partial charge in [0.1, 0.15) is 11.5 Å². The minimum atomic E-state index is -0.554. The van der Waals surface area contributed by atoms with Crippen molar-refractivity contribution >= 4 is 29.2 Å². The fraction of sp³-hybridized carbons (Fsp3) is 0.353. The largest absolute Gasteiger partial charge is 0.382 e. The number of nitrogen functional groups attached to an aromatic ring is 1. The highest BCUT2D eigenvalue weighted by Crippen LogP contribution is 2.17. The number of aromatic amines is 1. The van der Waals surface area contributed by atoms with Gasteiger partial charge in [-0.15, -0.1) is 0 Å². The number of thioether (sulfide) groups is 1. The normalized spacial score (nSPS) is 14.5. The average molecular weight is 378 g/mol. The highest BCUT2D eigenvalue weighted by atomic mass is 32.2. The highest BCUT2D eigenvalue weighted by molar-refractivity contribution is 7.99. The van der Waals surface area contributed by atoms with Crippen LogP contribution in [0, 0.1) is 5.82 Å². The molecule has 1 aliphatic rings. The minimum Gasteiger partial charge on any atom is -0.382 e. The number of benzene rings is 1. The Morgan fingerprint density at radius 3 is 2.65 bits per heavy atom. The third kappa shape index (κ3) is 4.61. The van der Waals surface area contributed by atoms with Crippen LogP contribution < -0.4 is 21.5 Å². The molecule has 26 heavy (non-hydrogen) atoms. The molecule has 0 atom stereocenters. The molecule has 1 fully saturated rings. The number of rotatable bonds is 6. The first kappa shape index (κ1) is 18.4. The summed E-state index contributed by atoms with van der Waals surface area (Å²) in [7, 11) is 0. The van der Waals surface area contributed by atoms with Gasteiger partial charge in [0.2, 0.25) is 0 Å². The Morgan fingerprint density at radius 1 is 1.31 bits per heavy atom. The van der Waals surface area contributed by atoms with Gasteiger partial charge < -0.3 is 16.0 Å². The summed E-state index contributed by atoms with van der Waals surface area (Å²) in [4.78, 5) is 32.8. The molecular weight excluding hydrogens is 357 g/mol. The number of aromatic nitrogens is 2. The van der Waals surface area contributed by atoms with Gasteiger partial charge >= 0.3 is 0 Å². The Labute approximate surface area is 154 Å². The molecule has 0 unspecified atom stereocenters. The molecule has 0 aliphatic carbocycles. The number of nitrogens with zero attached hydrogens (tertiary/aromatic N) is 1. The molecule has 1 aromatic carbocycles. The fourth-order valence-corrected chi connectivity index (χ4v) is 3.77. The smallest absolute Gasteiger partial charge is 0.277 e. The van der Waals surface area contributed by atoms with Crippen molar-refractivity contribution < 1.29 is 14.1 Å². The van der Waals surface area contributed by atoms with Gasteiger partial charge in [0.15, 0.2) is 11.0 Å². The number of H-pyrrole nitrogens is 1. The fourth-order valence-electron chi connectivity index (χ4n) is 2.86. The van der Waals surface area contributed by atoms with Crippen molar-refractivity contribution in [2.24, 2.45) is 0 Å². The maximum absolute atomic E-state index is 12.9. The van der Waals surface area contributed by atoms with Gasteiger partial charge in [-0.3, -0.25) is 14.6 Å². The van der Waals surface area contributed by atoms with Crippen molar-refractivity contribution in [3.05, 3.63) is 46.0 Å². The lowest BCUT2D eigenvalue weighted by atomic mass is 10.2. The second-order valence-corrected chi connectivity index (χ2v) is 7.23. The van der Waals surface area contributed by atoms with Crippen molar-refractivity contribution in [1.29, 1.82) is 0 Å². The van der Waals surface area contributed by atoms with Crippen LogP contribution in [0.2, 0.25) is 0 Å². The summed E-state index contributed by atoms with van der Waals surface area (Å²) >= 11 is 1.44. The Bertz CT molecular complexity index is 834. The van der Waals surface area contributed by atoms with E-state index in [1.807, 2.05) is 0 Å². The second kappa shape index (κ2) is 8.33. The number of nitrogens with one attached hydrogen (secondary N) is 3. The molecule has 0 spiro atoms. The number of hydrogen-bond donors (Lipinski definition) is 4. The van der Waals surface area contributed by atoms with E-state index in [1.165, 1.54) is 62.0 Å². The molecule has 0 radical (unpaired) electrons. The average Bonchev–Trinajstić information content (AvgIpc) is 3.12. The number of amides is 1. The van der Waals surface area contributed by atoms with Crippen LogP contribution in [0.15, 0.2) is 34.2 Å². The Balaban J connectivity index is 1.63. The topological polar surface area (TPSA) is 105 Å². The molecule has 1 aromatic heterocycles. The number of quaternary nitrogens is 1. The van der Waals surface area contributed by atoms with Gasteiger partial charge in [-0.2, -0.15) is 0 Å². The lowest BCUT2D eigenvalue weighted by Crippen LogP contribution is -3.10. The van der Waals surface area contributed by atoms with E-state index in [-0.39, 0.29) is 17.1 Å². The Morgan fingerprint density at radius 2 is 2.00 bits per heavy atom. The molecule has 9 heteroatoms. The van der Waals surface area contributed by atoms with E-state index >= 15 is 0 Å². The summed E-state index contributed by atoms with van der Waals surface area (Å²) in [6, 6.07) is 4.99. The zero-order chi connectivity index (χ0) is 18.5. The van der Waals surface area contributed by atoms with Gasteiger partial charge in [0.05, 0.1) is 25.4 Å². The number of carbonyl (C=O) groups is 1. The standard InChI is InChI=1S/C17H20FN5O2S/c18-12-5-3-11(4-6-12)15(24)20-13-14(19)21-17(22-16(13)25)26-10-9-23-7-1-2-8-23/h3-6H,1-2,7-10H2,(H,20,24)(H3,19,21,22,25)/p+1. The van der Waals surface area contributed by atoms with Crippen LogP contribution >= 0.6 is 11.8 Å². The van der Waals surface area contributed by atoms with Crippen molar-refractivity contribution in [3.63, 3.8) is 0 Å². The third-order valence-electron chi connectivity index (χ3n) is 4.28.